The average molecular weight is 520 g/mol. The Balaban J connectivity index is 1.96. The summed E-state index contributed by atoms with van der Waals surface area (Å²) >= 11 is 2.28. The standard InChI is InChI=1S/C27H38INO/c1-2-3-4-5-6-7-8-9-10-11-12-13-14-15-16-17-18-19-27(30)29-24-25-20-22-26(28)23-21-25/h6-7,9-10,12-13,15-16,20-23H,2-5,8,11,14,17-19,24H2,1H3,(H,29,30)/b7-6-,10-9-,13-12-,16-15-. The van der Waals surface area contributed by atoms with Crippen LogP contribution in [0.15, 0.2) is 72.9 Å². The van der Waals surface area contributed by atoms with Gasteiger partial charge in [-0.3, -0.25) is 4.79 Å². The molecule has 0 unspecified atom stereocenters. The summed E-state index contributed by atoms with van der Waals surface area (Å²) in [6, 6.07) is 8.23. The number of hydrogen-bond donors (Lipinski definition) is 1. The van der Waals surface area contributed by atoms with Gasteiger partial charge in [-0.05, 0) is 85.2 Å². The molecule has 0 aromatic heterocycles. The van der Waals surface area contributed by atoms with Gasteiger partial charge in [0.25, 0.3) is 0 Å². The number of halogens is 1. The quantitative estimate of drug-likeness (QED) is 0.134. The van der Waals surface area contributed by atoms with Crippen molar-refractivity contribution in [2.45, 2.75) is 77.7 Å². The van der Waals surface area contributed by atoms with Gasteiger partial charge in [-0.1, -0.05) is 80.5 Å². The van der Waals surface area contributed by atoms with Crippen molar-refractivity contribution in [1.82, 2.24) is 5.32 Å². The predicted octanol–water partition coefficient (Wildman–Crippen LogP) is 8.05. The van der Waals surface area contributed by atoms with Gasteiger partial charge in [-0.15, -0.1) is 0 Å². The molecule has 0 heterocycles. The number of carbonyl (C=O) groups excluding carboxylic acids is 1. The highest BCUT2D eigenvalue weighted by Crippen LogP contribution is 2.07. The fraction of sp³-hybridized carbons (Fsp3) is 0.444. The molecule has 0 aliphatic rings. The molecule has 1 amide bonds. The molecule has 3 heteroatoms. The number of benzene rings is 1. The maximum atomic E-state index is 11.9. The van der Waals surface area contributed by atoms with Gasteiger partial charge < -0.3 is 5.32 Å². The van der Waals surface area contributed by atoms with Crippen LogP contribution in [0.2, 0.25) is 0 Å². The molecule has 2 nitrogen and oxygen atoms in total. The predicted molar refractivity (Wildman–Crippen MR) is 139 cm³/mol. The van der Waals surface area contributed by atoms with E-state index in [-0.39, 0.29) is 5.91 Å². The zero-order valence-corrected chi connectivity index (χ0v) is 20.7. The average Bonchev–Trinajstić information content (AvgIpc) is 2.75. The lowest BCUT2D eigenvalue weighted by Gasteiger charge is -2.05. The minimum atomic E-state index is 0.129. The van der Waals surface area contributed by atoms with E-state index in [2.05, 4.69) is 108 Å². The van der Waals surface area contributed by atoms with Crippen molar-refractivity contribution in [1.29, 1.82) is 0 Å². The molecule has 30 heavy (non-hydrogen) atoms. The van der Waals surface area contributed by atoms with Crippen LogP contribution in [0.1, 0.15) is 76.7 Å². The van der Waals surface area contributed by atoms with Crippen molar-refractivity contribution in [2.24, 2.45) is 0 Å². The second-order valence-corrected chi connectivity index (χ2v) is 8.63. The molecule has 0 aliphatic carbocycles. The Bertz CT molecular complexity index is 671. The molecule has 0 saturated heterocycles. The van der Waals surface area contributed by atoms with Gasteiger partial charge >= 0.3 is 0 Å². The Labute approximate surface area is 197 Å². The number of nitrogens with one attached hydrogen (secondary N) is 1. The van der Waals surface area contributed by atoms with Crippen LogP contribution < -0.4 is 5.32 Å². The third-order valence-corrected chi connectivity index (χ3v) is 5.35. The molecule has 1 N–H and O–H groups in total. The lowest BCUT2D eigenvalue weighted by atomic mass is 10.2. The van der Waals surface area contributed by atoms with E-state index in [0.29, 0.717) is 13.0 Å². The zero-order chi connectivity index (χ0) is 21.7. The highest BCUT2D eigenvalue weighted by Gasteiger charge is 2.00. The first-order valence-corrected chi connectivity index (χ1v) is 12.4. The molecule has 0 radical (unpaired) electrons. The van der Waals surface area contributed by atoms with E-state index >= 15 is 0 Å². The monoisotopic (exact) mass is 519 g/mol. The molecule has 164 valence electrons. The Morgan fingerprint density at radius 2 is 1.33 bits per heavy atom. The smallest absolute Gasteiger partial charge is 0.220 e. The third-order valence-electron chi connectivity index (χ3n) is 4.64. The maximum Gasteiger partial charge on any atom is 0.220 e. The summed E-state index contributed by atoms with van der Waals surface area (Å²) in [5.41, 5.74) is 1.14. The molecular formula is C27H38INO. The first kappa shape index (κ1) is 26.4. The third kappa shape index (κ3) is 16.2. The van der Waals surface area contributed by atoms with Crippen molar-refractivity contribution in [2.75, 3.05) is 0 Å². The van der Waals surface area contributed by atoms with E-state index in [1.54, 1.807) is 0 Å². The summed E-state index contributed by atoms with van der Waals surface area (Å²) in [6.45, 7) is 2.85. The molecule has 1 aromatic carbocycles. The fourth-order valence-electron chi connectivity index (χ4n) is 2.83. The highest BCUT2D eigenvalue weighted by molar-refractivity contribution is 14.1. The Kier molecular flexibility index (Phi) is 17.0. The molecule has 1 rings (SSSR count). The molecule has 0 atom stereocenters. The van der Waals surface area contributed by atoms with E-state index in [4.69, 9.17) is 0 Å². The van der Waals surface area contributed by atoms with E-state index in [9.17, 15) is 4.79 Å². The van der Waals surface area contributed by atoms with Gasteiger partial charge in [0.1, 0.15) is 0 Å². The maximum absolute atomic E-state index is 11.9. The number of amides is 1. The second-order valence-electron chi connectivity index (χ2n) is 7.38. The molecule has 1 aromatic rings. The first-order valence-electron chi connectivity index (χ1n) is 11.3. The summed E-state index contributed by atoms with van der Waals surface area (Å²) in [6.07, 6.45) is 28.4. The second kappa shape index (κ2) is 19.3. The summed E-state index contributed by atoms with van der Waals surface area (Å²) < 4.78 is 1.21. The van der Waals surface area contributed by atoms with E-state index < -0.39 is 0 Å². The zero-order valence-electron chi connectivity index (χ0n) is 18.5. The van der Waals surface area contributed by atoms with Crippen LogP contribution in [-0.2, 0) is 11.3 Å². The van der Waals surface area contributed by atoms with Crippen molar-refractivity contribution < 1.29 is 4.79 Å². The van der Waals surface area contributed by atoms with E-state index in [1.807, 2.05) is 0 Å². The summed E-state index contributed by atoms with van der Waals surface area (Å²) in [5.74, 6) is 0.129. The lowest BCUT2D eigenvalue weighted by Crippen LogP contribution is -2.22. The van der Waals surface area contributed by atoms with Crippen LogP contribution in [0.5, 0.6) is 0 Å². The van der Waals surface area contributed by atoms with Crippen molar-refractivity contribution in [3.05, 3.63) is 82.0 Å². The molecule has 0 bridgehead atoms. The number of carbonyl (C=O) groups is 1. The van der Waals surface area contributed by atoms with Crippen LogP contribution in [-0.4, -0.2) is 5.91 Å². The van der Waals surface area contributed by atoms with Gasteiger partial charge in [0, 0.05) is 16.5 Å². The summed E-state index contributed by atoms with van der Waals surface area (Å²) in [7, 11) is 0. The number of hydrogen-bond acceptors (Lipinski definition) is 1. The number of unbranched alkanes of at least 4 members (excludes halogenated alkanes) is 4. The van der Waals surface area contributed by atoms with Crippen LogP contribution in [0.25, 0.3) is 0 Å². The number of allylic oxidation sites excluding steroid dienone is 8. The van der Waals surface area contributed by atoms with Crippen LogP contribution in [0.4, 0.5) is 0 Å². The van der Waals surface area contributed by atoms with Gasteiger partial charge in [0.2, 0.25) is 5.91 Å². The Morgan fingerprint density at radius 1 is 0.800 bits per heavy atom. The van der Waals surface area contributed by atoms with Crippen molar-refractivity contribution >= 4 is 28.5 Å². The first-order chi connectivity index (χ1) is 14.7. The SMILES string of the molecule is CCCCC/C=C\C/C=C\C/C=C\C/C=C\CCCC(=O)NCc1ccc(I)cc1. The van der Waals surface area contributed by atoms with E-state index in [0.717, 1.165) is 37.7 Å². The van der Waals surface area contributed by atoms with Gasteiger partial charge in [-0.25, -0.2) is 0 Å². The van der Waals surface area contributed by atoms with Crippen molar-refractivity contribution in [3.8, 4) is 0 Å². The van der Waals surface area contributed by atoms with Gasteiger partial charge in [0.05, 0.1) is 0 Å². The van der Waals surface area contributed by atoms with Crippen molar-refractivity contribution in [3.63, 3.8) is 0 Å². The lowest BCUT2D eigenvalue weighted by molar-refractivity contribution is -0.121. The number of rotatable bonds is 16. The molecule has 0 saturated carbocycles. The Hall–Kier alpha value is -1.62. The molecule has 0 fully saturated rings. The minimum absolute atomic E-state index is 0.129. The normalized spacial score (nSPS) is 12.1. The van der Waals surface area contributed by atoms with Gasteiger partial charge in [0.15, 0.2) is 0 Å². The van der Waals surface area contributed by atoms with Crippen LogP contribution in [0, 0.1) is 3.57 Å². The fourth-order valence-corrected chi connectivity index (χ4v) is 3.19. The van der Waals surface area contributed by atoms with Gasteiger partial charge in [-0.2, -0.15) is 0 Å². The topological polar surface area (TPSA) is 29.1 Å². The van der Waals surface area contributed by atoms with Crippen LogP contribution in [0.3, 0.4) is 0 Å². The highest BCUT2D eigenvalue weighted by atomic mass is 127. The largest absolute Gasteiger partial charge is 0.352 e. The summed E-state index contributed by atoms with van der Waals surface area (Å²) in [5, 5.41) is 2.99. The minimum Gasteiger partial charge on any atom is -0.352 e. The van der Waals surface area contributed by atoms with Crippen LogP contribution >= 0.6 is 22.6 Å². The van der Waals surface area contributed by atoms with E-state index in [1.165, 1.54) is 29.3 Å². The molecule has 0 spiro atoms. The summed E-state index contributed by atoms with van der Waals surface area (Å²) in [4.78, 5) is 11.9. The molecule has 0 aliphatic heterocycles. The Morgan fingerprint density at radius 3 is 1.90 bits per heavy atom. The molecular weight excluding hydrogens is 481 g/mol.